The Labute approximate surface area is 197 Å². The average molecular weight is 495 g/mol. The number of benzene rings is 2. The summed E-state index contributed by atoms with van der Waals surface area (Å²) in [6, 6.07) is 6.41. The van der Waals surface area contributed by atoms with Crippen molar-refractivity contribution in [1.29, 1.82) is 0 Å². The first-order valence-corrected chi connectivity index (χ1v) is 11.7. The number of ether oxygens (including phenoxy) is 4. The van der Waals surface area contributed by atoms with Crippen LogP contribution < -0.4 is 19.7 Å². The number of rotatable bonds is 9. The molecule has 34 heavy (non-hydrogen) atoms. The van der Waals surface area contributed by atoms with Gasteiger partial charge in [0.2, 0.25) is 16.8 Å². The summed E-state index contributed by atoms with van der Waals surface area (Å²) in [5.41, 5.74) is 2.73. The quantitative estimate of drug-likeness (QED) is 0.302. The number of esters is 1. The van der Waals surface area contributed by atoms with Gasteiger partial charge >= 0.3 is 5.97 Å². The van der Waals surface area contributed by atoms with Crippen molar-refractivity contribution >= 4 is 21.9 Å². The topological polar surface area (TPSA) is 141 Å². The molecule has 1 amide bonds. The standard InChI is InChI=1S/C22H26N2O9S/c1-13-7-17(30-4)8-14(2)21(13)34(28,29)24(18(22(26)23-27)11-31-15(3)25)10-16-5-6-19-20(9-16)33-12-32-19/h5-9,18,27H,10-12H2,1-4H3,(H,23,26)/t18-/m1/s1. The minimum atomic E-state index is -4.36. The zero-order chi connectivity index (χ0) is 25.0. The summed E-state index contributed by atoms with van der Waals surface area (Å²) >= 11 is 0. The minimum absolute atomic E-state index is 0.0346. The fourth-order valence-corrected chi connectivity index (χ4v) is 5.67. The Morgan fingerprint density at radius 3 is 2.38 bits per heavy atom. The molecular formula is C22H26N2O9S. The molecule has 0 aliphatic carbocycles. The number of hydrogen-bond donors (Lipinski definition) is 2. The lowest BCUT2D eigenvalue weighted by Gasteiger charge is -2.30. The Hall–Kier alpha value is -3.35. The molecule has 1 aliphatic rings. The van der Waals surface area contributed by atoms with Crippen molar-refractivity contribution in [2.45, 2.75) is 38.3 Å². The third kappa shape index (κ3) is 5.24. The summed E-state index contributed by atoms with van der Waals surface area (Å²) in [7, 11) is -2.89. The predicted octanol–water partition coefficient (Wildman–Crippen LogP) is 1.67. The number of fused-ring (bicyclic) bond motifs is 1. The Balaban J connectivity index is 2.13. The number of carbonyl (C=O) groups is 2. The summed E-state index contributed by atoms with van der Waals surface area (Å²) in [5.74, 6) is -0.373. The Morgan fingerprint density at radius 2 is 1.79 bits per heavy atom. The fourth-order valence-electron chi connectivity index (χ4n) is 3.69. The van der Waals surface area contributed by atoms with E-state index in [1.54, 1.807) is 44.2 Å². The smallest absolute Gasteiger partial charge is 0.302 e. The summed E-state index contributed by atoms with van der Waals surface area (Å²) in [4.78, 5) is 24.0. The second-order valence-electron chi connectivity index (χ2n) is 7.62. The molecule has 3 rings (SSSR count). The van der Waals surface area contributed by atoms with Crippen LogP contribution in [0.5, 0.6) is 17.2 Å². The number of amides is 1. The van der Waals surface area contributed by atoms with Crippen LogP contribution in [-0.2, 0) is 30.9 Å². The van der Waals surface area contributed by atoms with Gasteiger partial charge in [0.05, 0.1) is 12.0 Å². The molecule has 2 N–H and O–H groups in total. The zero-order valence-corrected chi connectivity index (χ0v) is 20.0. The van der Waals surface area contributed by atoms with Crippen molar-refractivity contribution in [2.75, 3.05) is 20.5 Å². The highest BCUT2D eigenvalue weighted by atomic mass is 32.2. The van der Waals surface area contributed by atoms with E-state index in [2.05, 4.69) is 0 Å². The van der Waals surface area contributed by atoms with E-state index in [1.165, 1.54) is 12.6 Å². The lowest BCUT2D eigenvalue weighted by molar-refractivity contribution is -0.145. The molecule has 0 bridgehead atoms. The van der Waals surface area contributed by atoms with Crippen LogP contribution in [0.25, 0.3) is 0 Å². The maximum Gasteiger partial charge on any atom is 0.302 e. The SMILES string of the molecule is COc1cc(C)c(S(=O)(=O)N(Cc2ccc3c(c2)OCO3)[C@H](COC(C)=O)C(=O)NO)c(C)c1. The van der Waals surface area contributed by atoms with Crippen LogP contribution in [0.3, 0.4) is 0 Å². The average Bonchev–Trinajstić information content (AvgIpc) is 3.25. The molecule has 11 nitrogen and oxygen atoms in total. The van der Waals surface area contributed by atoms with Crippen LogP contribution in [-0.4, -0.2) is 56.4 Å². The number of nitrogens with zero attached hydrogens (tertiary/aromatic N) is 1. The highest BCUT2D eigenvalue weighted by molar-refractivity contribution is 7.89. The van der Waals surface area contributed by atoms with E-state index in [4.69, 9.17) is 18.9 Å². The van der Waals surface area contributed by atoms with E-state index in [9.17, 15) is 23.2 Å². The first-order valence-electron chi connectivity index (χ1n) is 10.2. The number of sulfonamides is 1. The number of hydrogen-bond acceptors (Lipinski definition) is 9. The molecular weight excluding hydrogens is 468 g/mol. The lowest BCUT2D eigenvalue weighted by atomic mass is 10.1. The van der Waals surface area contributed by atoms with Gasteiger partial charge in [0.15, 0.2) is 11.5 Å². The maximum atomic E-state index is 13.9. The third-order valence-electron chi connectivity index (χ3n) is 5.22. The number of aryl methyl sites for hydroxylation is 2. The van der Waals surface area contributed by atoms with Crippen LogP contribution >= 0.6 is 0 Å². The zero-order valence-electron chi connectivity index (χ0n) is 19.2. The molecule has 12 heteroatoms. The summed E-state index contributed by atoms with van der Waals surface area (Å²) in [6.07, 6.45) is 0. The molecule has 0 spiro atoms. The van der Waals surface area contributed by atoms with Crippen LogP contribution in [0, 0.1) is 13.8 Å². The van der Waals surface area contributed by atoms with Gasteiger partial charge in [-0.2, -0.15) is 4.31 Å². The van der Waals surface area contributed by atoms with Crippen molar-refractivity contribution in [2.24, 2.45) is 0 Å². The molecule has 1 aliphatic heterocycles. The molecule has 1 atom stereocenters. The summed E-state index contributed by atoms with van der Waals surface area (Å²) in [6.45, 7) is 3.47. The molecule has 2 aromatic carbocycles. The first kappa shape index (κ1) is 25.3. The fraction of sp³-hybridized carbons (Fsp3) is 0.364. The van der Waals surface area contributed by atoms with Gasteiger partial charge in [0.25, 0.3) is 5.91 Å². The molecule has 0 radical (unpaired) electrons. The van der Waals surface area contributed by atoms with Gasteiger partial charge in [0, 0.05) is 13.5 Å². The monoisotopic (exact) mass is 494 g/mol. The Kier molecular flexibility index (Phi) is 7.64. The number of carbonyl (C=O) groups excluding carboxylic acids is 2. The molecule has 0 fully saturated rings. The molecule has 0 aromatic heterocycles. The number of hydroxylamine groups is 1. The molecule has 0 saturated carbocycles. The first-order chi connectivity index (χ1) is 16.1. The van der Waals surface area contributed by atoms with Crippen molar-refractivity contribution in [1.82, 2.24) is 9.79 Å². The Bertz CT molecular complexity index is 1170. The van der Waals surface area contributed by atoms with Gasteiger partial charge in [-0.05, 0) is 54.8 Å². The van der Waals surface area contributed by atoms with E-state index < -0.39 is 34.5 Å². The molecule has 0 unspecified atom stereocenters. The highest BCUT2D eigenvalue weighted by Gasteiger charge is 2.39. The van der Waals surface area contributed by atoms with Crippen molar-refractivity contribution in [3.8, 4) is 17.2 Å². The van der Waals surface area contributed by atoms with Gasteiger partial charge in [-0.1, -0.05) is 6.07 Å². The summed E-state index contributed by atoms with van der Waals surface area (Å²) < 4.78 is 49.6. The van der Waals surface area contributed by atoms with Gasteiger partial charge in [0.1, 0.15) is 18.4 Å². The van der Waals surface area contributed by atoms with Crippen LogP contribution in [0.4, 0.5) is 0 Å². The lowest BCUT2D eigenvalue weighted by Crippen LogP contribution is -2.51. The predicted molar refractivity (Wildman–Crippen MR) is 118 cm³/mol. The van der Waals surface area contributed by atoms with E-state index in [1.807, 2.05) is 0 Å². The van der Waals surface area contributed by atoms with Gasteiger partial charge in [-0.25, -0.2) is 13.9 Å². The van der Waals surface area contributed by atoms with E-state index >= 15 is 0 Å². The molecule has 2 aromatic rings. The third-order valence-corrected chi connectivity index (χ3v) is 7.38. The van der Waals surface area contributed by atoms with Gasteiger partial charge < -0.3 is 18.9 Å². The Morgan fingerprint density at radius 1 is 1.15 bits per heavy atom. The molecule has 1 heterocycles. The minimum Gasteiger partial charge on any atom is -0.497 e. The van der Waals surface area contributed by atoms with Crippen LogP contribution in [0.15, 0.2) is 35.2 Å². The second-order valence-corrected chi connectivity index (χ2v) is 9.45. The van der Waals surface area contributed by atoms with Crippen LogP contribution in [0.2, 0.25) is 0 Å². The maximum absolute atomic E-state index is 13.9. The van der Waals surface area contributed by atoms with Crippen molar-refractivity contribution in [3.63, 3.8) is 0 Å². The van der Waals surface area contributed by atoms with Crippen LogP contribution in [0.1, 0.15) is 23.6 Å². The molecule has 184 valence electrons. The van der Waals surface area contributed by atoms with E-state index in [0.717, 1.165) is 11.2 Å². The van der Waals surface area contributed by atoms with E-state index in [-0.39, 0.29) is 18.2 Å². The number of methoxy groups -OCH3 is 1. The summed E-state index contributed by atoms with van der Waals surface area (Å²) in [5, 5.41) is 9.31. The highest BCUT2D eigenvalue weighted by Crippen LogP contribution is 2.35. The van der Waals surface area contributed by atoms with E-state index in [0.29, 0.717) is 33.9 Å². The second kappa shape index (κ2) is 10.3. The number of nitrogens with one attached hydrogen (secondary N) is 1. The van der Waals surface area contributed by atoms with Gasteiger partial charge in [-0.3, -0.25) is 14.8 Å². The van der Waals surface area contributed by atoms with Crippen molar-refractivity contribution < 1.29 is 42.2 Å². The largest absolute Gasteiger partial charge is 0.497 e. The normalized spacial score (nSPS) is 13.5. The molecule has 0 saturated heterocycles. The van der Waals surface area contributed by atoms with Gasteiger partial charge in [-0.15, -0.1) is 0 Å². The van der Waals surface area contributed by atoms with Crippen molar-refractivity contribution in [3.05, 3.63) is 47.0 Å².